The van der Waals surface area contributed by atoms with Gasteiger partial charge in [-0.05, 0) is 53.0 Å². The molecule has 2 aromatic carbocycles. The molecular formula is C25H30Zr. The first-order valence-corrected chi connectivity index (χ1v) is 10.2. The minimum atomic E-state index is 0. The van der Waals surface area contributed by atoms with E-state index in [-0.39, 0.29) is 26.2 Å². The van der Waals surface area contributed by atoms with Crippen LogP contribution in [0.25, 0.3) is 17.2 Å². The Kier molecular flexibility index (Phi) is 7.10. The van der Waals surface area contributed by atoms with E-state index in [9.17, 15) is 0 Å². The smallest absolute Gasteiger partial charge is 0 e. The Bertz CT molecular complexity index is 748. The minimum absolute atomic E-state index is 0. The maximum absolute atomic E-state index is 2.51. The summed E-state index contributed by atoms with van der Waals surface area (Å²) >= 11 is 0. The van der Waals surface area contributed by atoms with Gasteiger partial charge in [0, 0.05) is 26.2 Å². The molecule has 26 heavy (non-hydrogen) atoms. The van der Waals surface area contributed by atoms with Gasteiger partial charge >= 0.3 is 0 Å². The molecule has 2 aliphatic carbocycles. The summed E-state index contributed by atoms with van der Waals surface area (Å²) < 4.78 is 0. The van der Waals surface area contributed by atoms with Crippen LogP contribution in [0.1, 0.15) is 68.6 Å². The molecule has 2 aromatic rings. The van der Waals surface area contributed by atoms with Crippen molar-refractivity contribution in [3.8, 4) is 11.1 Å². The Balaban J connectivity index is 0.00000196. The minimum Gasteiger partial charge on any atom is -0.0651 e. The first kappa shape index (κ1) is 19.8. The van der Waals surface area contributed by atoms with E-state index in [1.807, 2.05) is 0 Å². The summed E-state index contributed by atoms with van der Waals surface area (Å²) in [5, 5.41) is 0. The topological polar surface area (TPSA) is 0 Å². The summed E-state index contributed by atoms with van der Waals surface area (Å²) in [5.74, 6) is 0.936. The average molecular weight is 422 g/mol. The summed E-state index contributed by atoms with van der Waals surface area (Å²) in [6.07, 6.45) is 14.6. The number of hydrogen-bond acceptors (Lipinski definition) is 0. The van der Waals surface area contributed by atoms with E-state index in [1.54, 1.807) is 5.57 Å². The van der Waals surface area contributed by atoms with Crippen LogP contribution in [0.3, 0.4) is 0 Å². The molecule has 0 heterocycles. The van der Waals surface area contributed by atoms with Crippen molar-refractivity contribution in [2.24, 2.45) is 5.92 Å². The fourth-order valence-electron chi connectivity index (χ4n) is 4.72. The molecule has 0 bridgehead atoms. The number of fused-ring (bicyclic) bond motifs is 1. The molecule has 0 atom stereocenters. The van der Waals surface area contributed by atoms with Crippen molar-refractivity contribution < 1.29 is 26.2 Å². The van der Waals surface area contributed by atoms with Gasteiger partial charge < -0.3 is 0 Å². The molecule has 0 nitrogen and oxygen atoms in total. The third-order valence-electron chi connectivity index (χ3n) is 6.04. The van der Waals surface area contributed by atoms with Crippen molar-refractivity contribution in [3.63, 3.8) is 0 Å². The maximum Gasteiger partial charge on any atom is 0 e. The first-order valence-electron chi connectivity index (χ1n) is 10.2. The van der Waals surface area contributed by atoms with E-state index in [0.29, 0.717) is 0 Å². The largest absolute Gasteiger partial charge is 0.0651 e. The molecule has 1 saturated carbocycles. The molecule has 0 N–H and O–H groups in total. The molecule has 0 saturated heterocycles. The second kappa shape index (κ2) is 9.32. The Labute approximate surface area is 178 Å². The second-order valence-corrected chi connectivity index (χ2v) is 8.01. The summed E-state index contributed by atoms with van der Waals surface area (Å²) in [4.78, 5) is 0. The Morgan fingerprint density at radius 2 is 1.69 bits per heavy atom. The zero-order chi connectivity index (χ0) is 17.1. The second-order valence-electron chi connectivity index (χ2n) is 8.01. The fraction of sp³-hybridized carbons (Fsp3) is 0.440. The van der Waals surface area contributed by atoms with Crippen molar-refractivity contribution in [3.05, 3.63) is 64.7 Å². The number of rotatable bonds is 5. The molecule has 0 aliphatic heterocycles. The number of aryl methyl sites for hydroxylation is 1. The zero-order valence-corrected chi connectivity index (χ0v) is 18.5. The van der Waals surface area contributed by atoms with Gasteiger partial charge in [-0.15, -0.1) is 0 Å². The van der Waals surface area contributed by atoms with Crippen LogP contribution >= 0.6 is 0 Å². The van der Waals surface area contributed by atoms with Gasteiger partial charge in [-0.25, -0.2) is 0 Å². The fourth-order valence-corrected chi connectivity index (χ4v) is 4.72. The van der Waals surface area contributed by atoms with Crippen LogP contribution in [-0.2, 0) is 39.0 Å². The molecule has 0 amide bonds. The zero-order valence-electron chi connectivity index (χ0n) is 16.1. The molecule has 0 unspecified atom stereocenters. The molecule has 134 valence electrons. The Morgan fingerprint density at radius 1 is 0.923 bits per heavy atom. The molecule has 0 aromatic heterocycles. The summed E-state index contributed by atoms with van der Waals surface area (Å²) in [6, 6.07) is 16.1. The van der Waals surface area contributed by atoms with Crippen LogP contribution in [0.5, 0.6) is 0 Å². The molecule has 4 rings (SSSR count). The standard InChI is InChI=1S/C25H30.Zr/c1-2-7-19-12-14-22(15-13-19)24-11-6-10-23-17-21(18-25(23)24)16-20-8-4-3-5-9-20;/h6,10-15,18,20H,2-5,7-9,16-17H2,1H3;. The summed E-state index contributed by atoms with van der Waals surface area (Å²) in [7, 11) is 0. The summed E-state index contributed by atoms with van der Waals surface area (Å²) in [5.41, 5.74) is 8.91. The van der Waals surface area contributed by atoms with Crippen LogP contribution in [0.4, 0.5) is 0 Å². The van der Waals surface area contributed by atoms with E-state index in [0.717, 1.165) is 5.92 Å². The molecule has 0 spiro atoms. The monoisotopic (exact) mass is 420 g/mol. The normalized spacial score (nSPS) is 16.7. The van der Waals surface area contributed by atoms with Gasteiger partial charge in [0.2, 0.25) is 0 Å². The van der Waals surface area contributed by atoms with E-state index in [2.05, 4.69) is 55.5 Å². The van der Waals surface area contributed by atoms with E-state index < -0.39 is 0 Å². The van der Waals surface area contributed by atoms with Crippen molar-refractivity contribution in [2.45, 2.75) is 64.7 Å². The number of hydrogen-bond donors (Lipinski definition) is 0. The molecule has 1 heteroatoms. The van der Waals surface area contributed by atoms with Crippen molar-refractivity contribution >= 4 is 6.08 Å². The quantitative estimate of drug-likeness (QED) is 0.478. The van der Waals surface area contributed by atoms with Gasteiger partial charge in [-0.3, -0.25) is 0 Å². The van der Waals surface area contributed by atoms with Crippen LogP contribution < -0.4 is 0 Å². The van der Waals surface area contributed by atoms with Crippen LogP contribution in [-0.4, -0.2) is 0 Å². The molecular weight excluding hydrogens is 391 g/mol. The van der Waals surface area contributed by atoms with E-state index >= 15 is 0 Å². The van der Waals surface area contributed by atoms with Crippen LogP contribution in [0.15, 0.2) is 48.0 Å². The van der Waals surface area contributed by atoms with Gasteiger partial charge in [-0.1, -0.05) is 99.6 Å². The van der Waals surface area contributed by atoms with Crippen LogP contribution in [0.2, 0.25) is 0 Å². The average Bonchev–Trinajstić information content (AvgIpc) is 3.06. The SMILES string of the molecule is CCCc1ccc(-c2cccc3c2C=C(CC2CCCCC2)C3)cc1.[Zr]. The number of allylic oxidation sites excluding steroid dienone is 1. The van der Waals surface area contributed by atoms with Crippen LogP contribution in [0, 0.1) is 5.92 Å². The Hall–Kier alpha value is -0.937. The molecule has 2 aliphatic rings. The predicted octanol–water partition coefficient (Wildman–Crippen LogP) is 7.21. The maximum atomic E-state index is 2.51. The molecule has 1 fully saturated rings. The van der Waals surface area contributed by atoms with E-state index in [4.69, 9.17) is 0 Å². The van der Waals surface area contributed by atoms with Gasteiger partial charge in [-0.2, -0.15) is 0 Å². The van der Waals surface area contributed by atoms with E-state index in [1.165, 1.54) is 85.6 Å². The van der Waals surface area contributed by atoms with Crippen molar-refractivity contribution in [1.82, 2.24) is 0 Å². The van der Waals surface area contributed by atoms with Gasteiger partial charge in [0.15, 0.2) is 0 Å². The third kappa shape index (κ3) is 4.48. The molecule has 0 radical (unpaired) electrons. The number of benzene rings is 2. The third-order valence-corrected chi connectivity index (χ3v) is 6.04. The van der Waals surface area contributed by atoms with Gasteiger partial charge in [0.05, 0.1) is 0 Å². The van der Waals surface area contributed by atoms with Crippen molar-refractivity contribution in [2.75, 3.05) is 0 Å². The van der Waals surface area contributed by atoms with Gasteiger partial charge in [0.1, 0.15) is 0 Å². The first-order chi connectivity index (χ1) is 12.3. The van der Waals surface area contributed by atoms with Gasteiger partial charge in [0.25, 0.3) is 0 Å². The Morgan fingerprint density at radius 3 is 2.42 bits per heavy atom. The predicted molar refractivity (Wildman–Crippen MR) is 109 cm³/mol. The summed E-state index contributed by atoms with van der Waals surface area (Å²) in [6.45, 7) is 2.25. The van der Waals surface area contributed by atoms with Crippen molar-refractivity contribution in [1.29, 1.82) is 0 Å².